The van der Waals surface area contributed by atoms with E-state index in [0.29, 0.717) is 12.1 Å². The third-order valence-electron chi connectivity index (χ3n) is 4.89. The van der Waals surface area contributed by atoms with Crippen molar-refractivity contribution in [1.29, 1.82) is 0 Å². The number of halogens is 3. The standard InChI is InChI=1S/C22H14ClF2NO7/c23-16-9-13(14(19(28)29)8-15(16)20(30)31)18(27)26-17-7-11(4-5-22(17,25)21(32)33)10-2-1-3-12(24)6-10/h1-9,17H,(H,26,27)(H,28,29)(H,30,31)(H,32,33). The Morgan fingerprint density at radius 2 is 1.64 bits per heavy atom. The van der Waals surface area contributed by atoms with Crippen LogP contribution in [0.15, 0.2) is 54.6 Å². The maximum absolute atomic E-state index is 15.3. The maximum Gasteiger partial charge on any atom is 0.348 e. The van der Waals surface area contributed by atoms with E-state index in [-0.39, 0.29) is 11.1 Å². The molecule has 3 rings (SSSR count). The summed E-state index contributed by atoms with van der Waals surface area (Å²) in [5, 5.41) is 29.5. The predicted octanol–water partition coefficient (Wildman–Crippen LogP) is 3.42. The summed E-state index contributed by atoms with van der Waals surface area (Å²) >= 11 is 5.83. The van der Waals surface area contributed by atoms with Crippen molar-refractivity contribution >= 4 is 41.0 Å². The number of alkyl halides is 1. The van der Waals surface area contributed by atoms with Gasteiger partial charge in [0.05, 0.1) is 27.8 Å². The number of nitrogens with one attached hydrogen (secondary N) is 1. The van der Waals surface area contributed by atoms with E-state index in [2.05, 4.69) is 5.32 Å². The Morgan fingerprint density at radius 3 is 2.21 bits per heavy atom. The largest absolute Gasteiger partial charge is 0.479 e. The average Bonchev–Trinajstić information content (AvgIpc) is 2.74. The number of carboxylic acids is 3. The summed E-state index contributed by atoms with van der Waals surface area (Å²) in [5.41, 5.74) is -4.56. The van der Waals surface area contributed by atoms with Crippen LogP contribution >= 0.6 is 11.6 Å². The first-order chi connectivity index (χ1) is 15.4. The monoisotopic (exact) mass is 477 g/mol. The van der Waals surface area contributed by atoms with Crippen molar-refractivity contribution in [1.82, 2.24) is 5.32 Å². The Hall–Kier alpha value is -4.05. The van der Waals surface area contributed by atoms with E-state index in [1.165, 1.54) is 18.2 Å². The highest BCUT2D eigenvalue weighted by Gasteiger charge is 2.46. The number of amides is 1. The van der Waals surface area contributed by atoms with Crippen LogP contribution in [-0.2, 0) is 4.79 Å². The average molecular weight is 478 g/mol. The molecule has 0 saturated heterocycles. The minimum absolute atomic E-state index is 0.201. The summed E-state index contributed by atoms with van der Waals surface area (Å²) in [7, 11) is 0. The topological polar surface area (TPSA) is 141 Å². The van der Waals surface area contributed by atoms with Gasteiger partial charge in [0.25, 0.3) is 5.91 Å². The van der Waals surface area contributed by atoms with Crippen molar-refractivity contribution in [2.75, 3.05) is 0 Å². The fourth-order valence-electron chi connectivity index (χ4n) is 3.20. The number of allylic oxidation sites excluding steroid dienone is 2. The third kappa shape index (κ3) is 4.60. The second-order valence-corrected chi connectivity index (χ2v) is 7.39. The fraction of sp³-hybridized carbons (Fsp3) is 0.0909. The molecule has 1 aliphatic carbocycles. The number of aromatic carboxylic acids is 2. The highest BCUT2D eigenvalue weighted by molar-refractivity contribution is 6.34. The molecule has 0 bridgehead atoms. The molecule has 8 nitrogen and oxygen atoms in total. The third-order valence-corrected chi connectivity index (χ3v) is 5.20. The van der Waals surface area contributed by atoms with Crippen molar-refractivity contribution in [2.24, 2.45) is 0 Å². The summed E-state index contributed by atoms with van der Waals surface area (Å²) in [5.74, 6) is -6.95. The first kappa shape index (κ1) is 23.6. The van der Waals surface area contributed by atoms with Crippen LogP contribution in [0.3, 0.4) is 0 Å². The van der Waals surface area contributed by atoms with Crippen LogP contribution in [0.4, 0.5) is 8.78 Å². The van der Waals surface area contributed by atoms with Gasteiger partial charge in [0.15, 0.2) is 0 Å². The lowest BCUT2D eigenvalue weighted by Crippen LogP contribution is -2.53. The SMILES string of the molecule is O=C(O)c1cc(C(=O)O)c(C(=O)NC2C=C(c3cccc(F)c3)C=CC2(F)C(=O)O)cc1Cl. The summed E-state index contributed by atoms with van der Waals surface area (Å²) in [6, 6.07) is 4.77. The van der Waals surface area contributed by atoms with Gasteiger partial charge < -0.3 is 20.6 Å². The van der Waals surface area contributed by atoms with E-state index in [1.807, 2.05) is 0 Å². The van der Waals surface area contributed by atoms with Crippen molar-refractivity contribution in [3.05, 3.63) is 87.7 Å². The second-order valence-electron chi connectivity index (χ2n) is 6.98. The zero-order valence-electron chi connectivity index (χ0n) is 16.4. The summed E-state index contributed by atoms with van der Waals surface area (Å²) < 4.78 is 28.9. The Labute approximate surface area is 189 Å². The van der Waals surface area contributed by atoms with Gasteiger partial charge in [-0.15, -0.1) is 0 Å². The number of carbonyl (C=O) groups excluding carboxylic acids is 1. The first-order valence-electron chi connectivity index (χ1n) is 9.14. The molecule has 33 heavy (non-hydrogen) atoms. The maximum atomic E-state index is 15.3. The lowest BCUT2D eigenvalue weighted by Gasteiger charge is -2.30. The number of carbonyl (C=O) groups is 4. The van der Waals surface area contributed by atoms with E-state index < -0.39 is 63.1 Å². The molecule has 2 aromatic carbocycles. The fourth-order valence-corrected chi connectivity index (χ4v) is 3.45. The molecule has 0 aliphatic heterocycles. The van der Waals surface area contributed by atoms with Crippen molar-refractivity contribution in [3.63, 3.8) is 0 Å². The van der Waals surface area contributed by atoms with Gasteiger partial charge in [-0.05, 0) is 41.5 Å². The molecule has 11 heteroatoms. The predicted molar refractivity (Wildman–Crippen MR) is 112 cm³/mol. The molecule has 0 spiro atoms. The molecular formula is C22H14ClF2NO7. The van der Waals surface area contributed by atoms with E-state index >= 15 is 4.39 Å². The summed E-state index contributed by atoms with van der Waals surface area (Å²) in [4.78, 5) is 47.2. The Kier molecular flexibility index (Phi) is 6.32. The molecule has 0 fully saturated rings. The van der Waals surface area contributed by atoms with Crippen molar-refractivity contribution in [2.45, 2.75) is 11.7 Å². The Balaban J connectivity index is 2.05. The number of hydrogen-bond acceptors (Lipinski definition) is 4. The van der Waals surface area contributed by atoms with Gasteiger partial charge in [-0.25, -0.2) is 23.2 Å². The highest BCUT2D eigenvalue weighted by atomic mass is 35.5. The molecule has 0 saturated carbocycles. The lowest BCUT2D eigenvalue weighted by molar-refractivity contribution is -0.148. The van der Waals surface area contributed by atoms with Crippen LogP contribution in [0, 0.1) is 5.82 Å². The van der Waals surface area contributed by atoms with Gasteiger partial charge in [0.2, 0.25) is 5.67 Å². The lowest BCUT2D eigenvalue weighted by atomic mass is 9.86. The van der Waals surface area contributed by atoms with E-state index in [1.54, 1.807) is 0 Å². The molecule has 2 unspecified atom stereocenters. The molecular weight excluding hydrogens is 464 g/mol. The van der Waals surface area contributed by atoms with Crippen LogP contribution in [-0.4, -0.2) is 50.8 Å². The second kappa shape index (κ2) is 8.83. The summed E-state index contributed by atoms with van der Waals surface area (Å²) in [6.07, 6.45) is 2.85. The zero-order chi connectivity index (χ0) is 24.5. The van der Waals surface area contributed by atoms with Crippen LogP contribution in [0.1, 0.15) is 36.6 Å². The zero-order valence-corrected chi connectivity index (χ0v) is 17.1. The molecule has 4 N–H and O–H groups in total. The molecule has 170 valence electrons. The highest BCUT2D eigenvalue weighted by Crippen LogP contribution is 2.31. The van der Waals surface area contributed by atoms with Crippen LogP contribution < -0.4 is 5.32 Å². The van der Waals surface area contributed by atoms with Gasteiger partial charge in [0, 0.05) is 0 Å². The quantitative estimate of drug-likeness (QED) is 0.499. The van der Waals surface area contributed by atoms with E-state index in [9.17, 15) is 33.8 Å². The van der Waals surface area contributed by atoms with E-state index in [4.69, 9.17) is 16.7 Å². The van der Waals surface area contributed by atoms with Gasteiger partial charge >= 0.3 is 17.9 Å². The molecule has 0 aromatic heterocycles. The Bertz CT molecular complexity index is 1260. The number of aliphatic carboxylic acids is 1. The van der Waals surface area contributed by atoms with Crippen LogP contribution in [0.25, 0.3) is 5.57 Å². The smallest absolute Gasteiger partial charge is 0.348 e. The van der Waals surface area contributed by atoms with Crippen molar-refractivity contribution < 1.29 is 43.3 Å². The number of carboxylic acid groups (broad SMARTS) is 3. The number of benzene rings is 2. The minimum Gasteiger partial charge on any atom is -0.479 e. The molecule has 2 aromatic rings. The normalized spacial score (nSPS) is 19.5. The first-order valence-corrected chi connectivity index (χ1v) is 9.52. The van der Waals surface area contributed by atoms with E-state index in [0.717, 1.165) is 24.3 Å². The molecule has 1 aliphatic rings. The van der Waals surface area contributed by atoms with Gasteiger partial charge in [-0.1, -0.05) is 35.9 Å². The molecule has 1 amide bonds. The molecule has 0 radical (unpaired) electrons. The molecule has 2 atom stereocenters. The summed E-state index contributed by atoms with van der Waals surface area (Å²) in [6.45, 7) is 0. The van der Waals surface area contributed by atoms with Gasteiger partial charge in [0.1, 0.15) is 5.82 Å². The van der Waals surface area contributed by atoms with Crippen LogP contribution in [0.5, 0.6) is 0 Å². The van der Waals surface area contributed by atoms with Gasteiger partial charge in [-0.2, -0.15) is 0 Å². The van der Waals surface area contributed by atoms with Crippen LogP contribution in [0.2, 0.25) is 5.02 Å². The number of rotatable bonds is 6. The molecule has 0 heterocycles. The number of hydrogen-bond donors (Lipinski definition) is 4. The van der Waals surface area contributed by atoms with Gasteiger partial charge in [-0.3, -0.25) is 4.79 Å². The minimum atomic E-state index is -3.11. The Morgan fingerprint density at radius 1 is 0.970 bits per heavy atom. The van der Waals surface area contributed by atoms with Crippen molar-refractivity contribution in [3.8, 4) is 0 Å².